The summed E-state index contributed by atoms with van der Waals surface area (Å²) in [7, 11) is 0. The van der Waals surface area contributed by atoms with Gasteiger partial charge in [-0.05, 0) is 36.8 Å². The van der Waals surface area contributed by atoms with Gasteiger partial charge < -0.3 is 10.1 Å². The van der Waals surface area contributed by atoms with Gasteiger partial charge in [-0.2, -0.15) is 0 Å². The normalized spacial score (nSPS) is 19.7. The molecule has 0 bridgehead atoms. The topological polar surface area (TPSA) is 70.2 Å². The lowest BCUT2D eigenvalue weighted by atomic mass is 9.87. The molecule has 1 aromatic rings. The number of nitrogens with one attached hydrogen (secondary N) is 1. The Morgan fingerprint density at radius 3 is 3.00 bits per heavy atom. The molecule has 1 aliphatic rings. The predicted octanol–water partition coefficient (Wildman–Crippen LogP) is 1.51. The molecule has 0 aromatic carbocycles. The largest absolute Gasteiger partial charge is 0.477 e. The van der Waals surface area contributed by atoms with Crippen molar-refractivity contribution in [2.24, 2.45) is 0 Å². The number of fused-ring (bicyclic) bond motifs is 1. The minimum atomic E-state index is -1.16. The van der Waals surface area contributed by atoms with Crippen molar-refractivity contribution >= 4 is 5.97 Å². The number of pyridine rings is 1. The van der Waals surface area contributed by atoms with E-state index in [1.807, 2.05) is 6.92 Å². The van der Waals surface area contributed by atoms with Crippen LogP contribution in [0.3, 0.4) is 0 Å². The summed E-state index contributed by atoms with van der Waals surface area (Å²) in [5, 5.41) is 8.81. The first-order valence-electron chi connectivity index (χ1n) is 5.09. The van der Waals surface area contributed by atoms with Crippen LogP contribution in [0.25, 0.3) is 0 Å². The second-order valence-corrected chi connectivity index (χ2v) is 4.05. The van der Waals surface area contributed by atoms with Crippen LogP contribution in [0.5, 0.6) is 0 Å². The van der Waals surface area contributed by atoms with Gasteiger partial charge in [0, 0.05) is 5.69 Å². The van der Waals surface area contributed by atoms with Gasteiger partial charge in [0.05, 0.1) is 0 Å². The molecule has 0 amide bonds. The molecule has 1 heterocycles. The maximum atomic E-state index is 11.4. The number of hydrogen-bond donors (Lipinski definition) is 2. The molecule has 1 unspecified atom stereocenters. The Morgan fingerprint density at radius 1 is 1.60 bits per heavy atom. The molecule has 0 spiro atoms. The van der Waals surface area contributed by atoms with Crippen LogP contribution in [0.15, 0.2) is 10.9 Å². The van der Waals surface area contributed by atoms with E-state index in [4.69, 9.17) is 5.11 Å². The zero-order valence-corrected chi connectivity index (χ0v) is 8.54. The van der Waals surface area contributed by atoms with Crippen LogP contribution in [0.1, 0.15) is 47.3 Å². The maximum absolute atomic E-state index is 11.4. The van der Waals surface area contributed by atoms with Crippen LogP contribution in [0, 0.1) is 0 Å². The monoisotopic (exact) mass is 207 g/mol. The number of carboxylic acid groups (broad SMARTS) is 1. The molecule has 0 aliphatic heterocycles. The zero-order valence-electron chi connectivity index (χ0n) is 8.54. The third-order valence-corrected chi connectivity index (χ3v) is 2.96. The SMILES string of the molecule is CC1CCCc2cc(C(=O)O)c(=O)[nH]c21. The standard InChI is InChI=1S/C11H13NO3/c1-6-3-2-4-7-5-8(11(14)15)10(13)12-9(6)7/h5-6H,2-4H2,1H3,(H,12,13)(H,14,15). The molecule has 0 fully saturated rings. The van der Waals surface area contributed by atoms with E-state index in [1.54, 1.807) is 0 Å². The number of aromatic nitrogens is 1. The van der Waals surface area contributed by atoms with Gasteiger partial charge in [0.15, 0.2) is 0 Å². The molecular weight excluding hydrogens is 194 g/mol. The van der Waals surface area contributed by atoms with E-state index < -0.39 is 11.5 Å². The molecule has 0 saturated heterocycles. The van der Waals surface area contributed by atoms with Crippen LogP contribution >= 0.6 is 0 Å². The Bertz CT molecular complexity index is 461. The summed E-state index contributed by atoms with van der Waals surface area (Å²) in [6.45, 7) is 2.05. The van der Waals surface area contributed by atoms with Crippen molar-refractivity contribution in [1.29, 1.82) is 0 Å². The Hall–Kier alpha value is -1.58. The summed E-state index contributed by atoms with van der Waals surface area (Å²) in [5.74, 6) is -0.832. The molecular formula is C11H13NO3. The summed E-state index contributed by atoms with van der Waals surface area (Å²) in [6, 6.07) is 1.52. The summed E-state index contributed by atoms with van der Waals surface area (Å²) in [6.07, 6.45) is 2.96. The lowest BCUT2D eigenvalue weighted by Crippen LogP contribution is -2.23. The number of carbonyl (C=O) groups is 1. The van der Waals surface area contributed by atoms with Crippen molar-refractivity contribution in [2.75, 3.05) is 0 Å². The van der Waals surface area contributed by atoms with E-state index in [0.717, 1.165) is 30.5 Å². The molecule has 2 rings (SSSR count). The van der Waals surface area contributed by atoms with Crippen LogP contribution < -0.4 is 5.56 Å². The minimum Gasteiger partial charge on any atom is -0.477 e. The van der Waals surface area contributed by atoms with E-state index in [-0.39, 0.29) is 5.56 Å². The van der Waals surface area contributed by atoms with Gasteiger partial charge in [-0.25, -0.2) is 4.79 Å². The first-order valence-corrected chi connectivity index (χ1v) is 5.09. The van der Waals surface area contributed by atoms with Gasteiger partial charge in [-0.1, -0.05) is 6.92 Å². The van der Waals surface area contributed by atoms with E-state index >= 15 is 0 Å². The average molecular weight is 207 g/mol. The van der Waals surface area contributed by atoms with Crippen LogP contribution in [-0.2, 0) is 6.42 Å². The summed E-state index contributed by atoms with van der Waals surface area (Å²) >= 11 is 0. The summed E-state index contributed by atoms with van der Waals surface area (Å²) in [4.78, 5) is 24.9. The molecule has 4 nitrogen and oxygen atoms in total. The van der Waals surface area contributed by atoms with Gasteiger partial charge in [0.2, 0.25) is 0 Å². The molecule has 4 heteroatoms. The molecule has 2 N–H and O–H groups in total. The number of aryl methyl sites for hydroxylation is 1. The van der Waals surface area contributed by atoms with E-state index in [2.05, 4.69) is 4.98 Å². The molecule has 1 aromatic heterocycles. The van der Waals surface area contributed by atoms with E-state index in [0.29, 0.717) is 5.92 Å². The summed E-state index contributed by atoms with van der Waals surface area (Å²) in [5.41, 5.74) is 1.25. The van der Waals surface area contributed by atoms with E-state index in [1.165, 1.54) is 6.07 Å². The van der Waals surface area contributed by atoms with Crippen LogP contribution in [0.4, 0.5) is 0 Å². The smallest absolute Gasteiger partial charge is 0.341 e. The number of carboxylic acids is 1. The second-order valence-electron chi connectivity index (χ2n) is 4.05. The highest BCUT2D eigenvalue weighted by Crippen LogP contribution is 2.28. The third-order valence-electron chi connectivity index (χ3n) is 2.96. The Morgan fingerprint density at radius 2 is 2.33 bits per heavy atom. The molecule has 15 heavy (non-hydrogen) atoms. The van der Waals surface area contributed by atoms with Crippen molar-refractivity contribution in [2.45, 2.75) is 32.1 Å². The number of rotatable bonds is 1. The number of hydrogen-bond acceptors (Lipinski definition) is 2. The Labute approximate surface area is 87.0 Å². The van der Waals surface area contributed by atoms with Crippen molar-refractivity contribution < 1.29 is 9.90 Å². The van der Waals surface area contributed by atoms with Crippen molar-refractivity contribution in [3.05, 3.63) is 33.2 Å². The third kappa shape index (κ3) is 1.67. The second kappa shape index (κ2) is 3.53. The first kappa shape index (κ1) is 9.96. The van der Waals surface area contributed by atoms with Crippen molar-refractivity contribution in [1.82, 2.24) is 4.98 Å². The van der Waals surface area contributed by atoms with Crippen molar-refractivity contribution in [3.63, 3.8) is 0 Å². The number of H-pyrrole nitrogens is 1. The predicted molar refractivity (Wildman–Crippen MR) is 55.4 cm³/mol. The van der Waals surface area contributed by atoms with Crippen LogP contribution in [-0.4, -0.2) is 16.1 Å². The Kier molecular flexibility index (Phi) is 2.34. The van der Waals surface area contributed by atoms with Crippen molar-refractivity contribution in [3.8, 4) is 0 Å². The quantitative estimate of drug-likeness (QED) is 0.733. The zero-order chi connectivity index (χ0) is 11.0. The number of aromatic carboxylic acids is 1. The average Bonchev–Trinajstić information content (AvgIpc) is 2.18. The summed E-state index contributed by atoms with van der Waals surface area (Å²) < 4.78 is 0. The molecule has 0 radical (unpaired) electrons. The molecule has 80 valence electrons. The van der Waals surface area contributed by atoms with E-state index in [9.17, 15) is 9.59 Å². The highest BCUT2D eigenvalue weighted by molar-refractivity contribution is 5.87. The fraction of sp³-hybridized carbons (Fsp3) is 0.455. The lowest BCUT2D eigenvalue weighted by Gasteiger charge is -2.21. The number of aromatic amines is 1. The fourth-order valence-corrected chi connectivity index (χ4v) is 2.14. The molecule has 0 saturated carbocycles. The molecule has 1 aliphatic carbocycles. The van der Waals surface area contributed by atoms with Gasteiger partial charge in [0.25, 0.3) is 5.56 Å². The van der Waals surface area contributed by atoms with Gasteiger partial charge in [0.1, 0.15) is 5.56 Å². The first-order chi connectivity index (χ1) is 7.09. The van der Waals surface area contributed by atoms with Gasteiger partial charge in [-0.3, -0.25) is 4.79 Å². The van der Waals surface area contributed by atoms with Gasteiger partial charge in [-0.15, -0.1) is 0 Å². The lowest BCUT2D eigenvalue weighted by molar-refractivity contribution is 0.0694. The van der Waals surface area contributed by atoms with Crippen LogP contribution in [0.2, 0.25) is 0 Å². The minimum absolute atomic E-state index is 0.150. The highest BCUT2D eigenvalue weighted by Gasteiger charge is 2.20. The molecule has 1 atom stereocenters. The van der Waals surface area contributed by atoms with Gasteiger partial charge >= 0.3 is 5.97 Å². The highest BCUT2D eigenvalue weighted by atomic mass is 16.4. The fourth-order valence-electron chi connectivity index (χ4n) is 2.14. The Balaban J connectivity index is 2.59. The maximum Gasteiger partial charge on any atom is 0.341 e.